The second-order valence-corrected chi connectivity index (χ2v) is 4.40. The van der Waals surface area contributed by atoms with Crippen molar-refractivity contribution in [3.05, 3.63) is 29.8 Å². The number of halogens is 1. The van der Waals surface area contributed by atoms with Gasteiger partial charge in [0.05, 0.1) is 0 Å². The Hall–Kier alpha value is -0.920. The van der Waals surface area contributed by atoms with Crippen LogP contribution in [0.1, 0.15) is 52.0 Å². The summed E-state index contributed by atoms with van der Waals surface area (Å²) in [4.78, 5) is 3.74. The number of hydrogen-bond acceptors (Lipinski definition) is 1. The summed E-state index contributed by atoms with van der Waals surface area (Å²) in [5, 5.41) is 0. The Morgan fingerprint density at radius 2 is 1.87 bits per heavy atom. The first-order chi connectivity index (χ1) is 7.14. The van der Waals surface area contributed by atoms with Crippen molar-refractivity contribution in [3.63, 3.8) is 0 Å². The molecule has 0 saturated heterocycles. The van der Waals surface area contributed by atoms with E-state index >= 15 is 0 Å². The van der Waals surface area contributed by atoms with Gasteiger partial charge in [-0.25, -0.2) is 4.98 Å². The normalized spacial score (nSPS) is 11.7. The highest BCUT2D eigenvalue weighted by molar-refractivity contribution is 5.22. The lowest BCUT2D eigenvalue weighted by atomic mass is 9.76. The molecular weight excluding hydrogens is 189 g/mol. The summed E-state index contributed by atoms with van der Waals surface area (Å²) in [5.74, 6) is -0.304. The molecule has 0 amide bonds. The van der Waals surface area contributed by atoms with Crippen LogP contribution in [0.2, 0.25) is 0 Å². The van der Waals surface area contributed by atoms with Crippen LogP contribution >= 0.6 is 0 Å². The molecule has 0 unspecified atom stereocenters. The van der Waals surface area contributed by atoms with Crippen molar-refractivity contribution in [1.82, 2.24) is 4.98 Å². The van der Waals surface area contributed by atoms with Crippen molar-refractivity contribution in [3.8, 4) is 0 Å². The van der Waals surface area contributed by atoms with Crippen LogP contribution in [0.15, 0.2) is 18.3 Å². The molecule has 0 atom stereocenters. The largest absolute Gasteiger partial charge is 0.228 e. The lowest BCUT2D eigenvalue weighted by Crippen LogP contribution is -2.23. The molecule has 0 aliphatic heterocycles. The Morgan fingerprint density at radius 3 is 2.33 bits per heavy atom. The molecule has 1 aromatic heterocycles. The Morgan fingerprint density at radius 1 is 1.27 bits per heavy atom. The van der Waals surface area contributed by atoms with Crippen LogP contribution in [-0.2, 0) is 5.41 Å². The van der Waals surface area contributed by atoms with Crippen LogP contribution in [0.3, 0.4) is 0 Å². The minimum atomic E-state index is -0.304. The first kappa shape index (κ1) is 12.2. The molecule has 1 nitrogen and oxygen atoms in total. The average molecular weight is 209 g/mol. The molecule has 15 heavy (non-hydrogen) atoms. The second-order valence-electron chi connectivity index (χ2n) is 4.40. The molecule has 0 bridgehead atoms. The molecular formula is C13H20FN. The second kappa shape index (κ2) is 5.24. The van der Waals surface area contributed by atoms with Gasteiger partial charge in [0.1, 0.15) is 0 Å². The summed E-state index contributed by atoms with van der Waals surface area (Å²) in [5.41, 5.74) is 0.718. The van der Waals surface area contributed by atoms with E-state index in [0.29, 0.717) is 0 Å². The van der Waals surface area contributed by atoms with Crippen molar-refractivity contribution < 1.29 is 4.39 Å². The average Bonchev–Trinajstić information content (AvgIpc) is 2.19. The van der Waals surface area contributed by atoms with Gasteiger partial charge in [-0.1, -0.05) is 39.7 Å². The smallest absolute Gasteiger partial charge is 0.216 e. The number of rotatable bonds is 5. The molecule has 1 heterocycles. The van der Waals surface area contributed by atoms with Crippen LogP contribution < -0.4 is 0 Å². The molecule has 0 aromatic carbocycles. The SMILES string of the molecule is CCCC(C)(CCC)c1cccnc1F. The molecule has 0 aliphatic rings. The standard InChI is InChI=1S/C13H20FN/c1-4-8-13(3,9-5-2)11-7-6-10-15-12(11)14/h6-7,10H,4-5,8-9H2,1-3H3. The van der Waals surface area contributed by atoms with E-state index in [9.17, 15) is 4.39 Å². The maximum absolute atomic E-state index is 13.6. The zero-order valence-corrected chi connectivity index (χ0v) is 9.89. The topological polar surface area (TPSA) is 12.9 Å². The third-order valence-corrected chi connectivity index (χ3v) is 3.01. The van der Waals surface area contributed by atoms with Crippen molar-refractivity contribution in [2.45, 2.75) is 51.9 Å². The monoisotopic (exact) mass is 209 g/mol. The minimum Gasteiger partial charge on any atom is -0.228 e. The van der Waals surface area contributed by atoms with Gasteiger partial charge < -0.3 is 0 Å². The fourth-order valence-corrected chi connectivity index (χ4v) is 2.33. The van der Waals surface area contributed by atoms with E-state index in [-0.39, 0.29) is 11.4 Å². The molecule has 0 spiro atoms. The molecule has 0 fully saturated rings. The molecule has 0 radical (unpaired) electrons. The Kier molecular flexibility index (Phi) is 4.25. The summed E-state index contributed by atoms with van der Waals surface area (Å²) >= 11 is 0. The van der Waals surface area contributed by atoms with Gasteiger partial charge in [-0.05, 0) is 24.3 Å². The summed E-state index contributed by atoms with van der Waals surface area (Å²) in [6, 6.07) is 3.69. The van der Waals surface area contributed by atoms with Gasteiger partial charge in [0.2, 0.25) is 5.95 Å². The van der Waals surface area contributed by atoms with E-state index in [4.69, 9.17) is 0 Å². The van der Waals surface area contributed by atoms with Gasteiger partial charge in [-0.2, -0.15) is 4.39 Å². The maximum Gasteiger partial charge on any atom is 0.216 e. The van der Waals surface area contributed by atoms with E-state index in [2.05, 4.69) is 25.8 Å². The number of hydrogen-bond donors (Lipinski definition) is 0. The zero-order chi connectivity index (χ0) is 11.3. The number of pyridine rings is 1. The van der Waals surface area contributed by atoms with Gasteiger partial charge >= 0.3 is 0 Å². The van der Waals surface area contributed by atoms with E-state index in [1.54, 1.807) is 0 Å². The van der Waals surface area contributed by atoms with Crippen molar-refractivity contribution >= 4 is 0 Å². The first-order valence-corrected chi connectivity index (χ1v) is 5.75. The van der Waals surface area contributed by atoms with E-state index in [1.165, 1.54) is 6.20 Å². The minimum absolute atomic E-state index is 0.0537. The number of nitrogens with zero attached hydrogens (tertiary/aromatic N) is 1. The Labute approximate surface area is 91.7 Å². The molecule has 1 aromatic rings. The van der Waals surface area contributed by atoms with Crippen LogP contribution in [0.5, 0.6) is 0 Å². The highest BCUT2D eigenvalue weighted by Crippen LogP contribution is 2.34. The summed E-state index contributed by atoms with van der Waals surface area (Å²) in [6.45, 7) is 6.42. The highest BCUT2D eigenvalue weighted by Gasteiger charge is 2.27. The van der Waals surface area contributed by atoms with Gasteiger partial charge in [0.15, 0.2) is 0 Å². The van der Waals surface area contributed by atoms with Gasteiger partial charge in [0, 0.05) is 11.8 Å². The van der Waals surface area contributed by atoms with E-state index in [1.807, 2.05) is 12.1 Å². The lowest BCUT2D eigenvalue weighted by Gasteiger charge is -2.29. The molecule has 0 saturated carbocycles. The molecule has 2 heteroatoms. The Balaban J connectivity index is 3.03. The van der Waals surface area contributed by atoms with Gasteiger partial charge in [-0.3, -0.25) is 0 Å². The third-order valence-electron chi connectivity index (χ3n) is 3.01. The van der Waals surface area contributed by atoms with Gasteiger partial charge in [0.25, 0.3) is 0 Å². The van der Waals surface area contributed by atoms with Crippen molar-refractivity contribution in [1.29, 1.82) is 0 Å². The molecule has 84 valence electrons. The van der Waals surface area contributed by atoms with E-state index < -0.39 is 0 Å². The molecule has 1 rings (SSSR count). The lowest BCUT2D eigenvalue weighted by molar-refractivity contribution is 0.369. The number of aromatic nitrogens is 1. The third kappa shape index (κ3) is 2.77. The van der Waals surface area contributed by atoms with Crippen LogP contribution in [0.4, 0.5) is 4.39 Å². The fraction of sp³-hybridized carbons (Fsp3) is 0.615. The fourth-order valence-electron chi connectivity index (χ4n) is 2.33. The first-order valence-electron chi connectivity index (χ1n) is 5.75. The maximum atomic E-state index is 13.6. The Bertz CT molecular complexity index is 303. The predicted molar refractivity (Wildman–Crippen MR) is 61.4 cm³/mol. The van der Waals surface area contributed by atoms with Crippen molar-refractivity contribution in [2.75, 3.05) is 0 Å². The van der Waals surface area contributed by atoms with Crippen LogP contribution in [0.25, 0.3) is 0 Å². The summed E-state index contributed by atoms with van der Waals surface area (Å²) < 4.78 is 13.6. The highest BCUT2D eigenvalue weighted by atomic mass is 19.1. The quantitative estimate of drug-likeness (QED) is 0.666. The molecule has 0 N–H and O–H groups in total. The predicted octanol–water partition coefficient (Wildman–Crippen LogP) is 4.08. The molecule has 0 aliphatic carbocycles. The van der Waals surface area contributed by atoms with Crippen molar-refractivity contribution in [2.24, 2.45) is 0 Å². The van der Waals surface area contributed by atoms with Crippen LogP contribution in [0, 0.1) is 5.95 Å². The summed E-state index contributed by atoms with van der Waals surface area (Å²) in [7, 11) is 0. The zero-order valence-electron chi connectivity index (χ0n) is 9.89. The van der Waals surface area contributed by atoms with Crippen LogP contribution in [-0.4, -0.2) is 4.98 Å². The van der Waals surface area contributed by atoms with E-state index in [0.717, 1.165) is 31.2 Å². The van der Waals surface area contributed by atoms with Gasteiger partial charge in [-0.15, -0.1) is 0 Å². The summed E-state index contributed by atoms with van der Waals surface area (Å²) in [6.07, 6.45) is 5.69.